The quantitative estimate of drug-likeness (QED) is 0.696. The molecule has 3 rings (SSSR count). The molecule has 0 aliphatic carbocycles. The van der Waals surface area contributed by atoms with E-state index in [2.05, 4.69) is 33.6 Å². The van der Waals surface area contributed by atoms with Gasteiger partial charge in [-0.05, 0) is 30.0 Å². The first-order valence-corrected chi connectivity index (χ1v) is 8.00. The number of thiophene rings is 1. The SMILES string of the molecule is CCCNc1nc(NCCc2ccco2)c2ccsc2n1. The van der Waals surface area contributed by atoms with Gasteiger partial charge in [0.1, 0.15) is 16.4 Å². The minimum atomic E-state index is 0.687. The van der Waals surface area contributed by atoms with Crippen molar-refractivity contribution in [2.24, 2.45) is 0 Å². The lowest BCUT2D eigenvalue weighted by Crippen LogP contribution is -2.09. The van der Waals surface area contributed by atoms with Crippen LogP contribution in [0.25, 0.3) is 10.2 Å². The second-order valence-electron chi connectivity index (χ2n) is 4.72. The molecule has 0 saturated carbocycles. The highest BCUT2D eigenvalue weighted by Gasteiger charge is 2.08. The molecule has 110 valence electrons. The van der Waals surface area contributed by atoms with Crippen LogP contribution in [0.4, 0.5) is 11.8 Å². The highest BCUT2D eigenvalue weighted by atomic mass is 32.1. The maximum atomic E-state index is 5.34. The highest BCUT2D eigenvalue weighted by Crippen LogP contribution is 2.26. The minimum Gasteiger partial charge on any atom is -0.469 e. The summed E-state index contributed by atoms with van der Waals surface area (Å²) in [6.07, 6.45) is 3.58. The number of nitrogens with one attached hydrogen (secondary N) is 2. The molecule has 0 aromatic carbocycles. The van der Waals surface area contributed by atoms with Crippen molar-refractivity contribution in [1.82, 2.24) is 9.97 Å². The monoisotopic (exact) mass is 302 g/mol. The van der Waals surface area contributed by atoms with E-state index in [0.717, 1.165) is 47.7 Å². The molecule has 0 bridgehead atoms. The molecule has 6 heteroatoms. The van der Waals surface area contributed by atoms with Crippen molar-refractivity contribution in [3.8, 4) is 0 Å². The summed E-state index contributed by atoms with van der Waals surface area (Å²) in [4.78, 5) is 10.1. The van der Waals surface area contributed by atoms with Crippen molar-refractivity contribution in [1.29, 1.82) is 0 Å². The maximum Gasteiger partial charge on any atom is 0.226 e. The number of aromatic nitrogens is 2. The molecule has 3 aromatic heterocycles. The molecule has 0 spiro atoms. The molecule has 0 fully saturated rings. The van der Waals surface area contributed by atoms with E-state index < -0.39 is 0 Å². The highest BCUT2D eigenvalue weighted by molar-refractivity contribution is 7.16. The molecule has 21 heavy (non-hydrogen) atoms. The van der Waals surface area contributed by atoms with E-state index in [4.69, 9.17) is 4.42 Å². The molecule has 0 radical (unpaired) electrons. The summed E-state index contributed by atoms with van der Waals surface area (Å²) in [5, 5.41) is 9.74. The van der Waals surface area contributed by atoms with Gasteiger partial charge in [-0.25, -0.2) is 4.98 Å². The minimum absolute atomic E-state index is 0.687. The van der Waals surface area contributed by atoms with Gasteiger partial charge in [-0.3, -0.25) is 0 Å². The van der Waals surface area contributed by atoms with E-state index in [1.54, 1.807) is 17.6 Å². The van der Waals surface area contributed by atoms with Gasteiger partial charge in [-0.15, -0.1) is 11.3 Å². The Morgan fingerprint density at radius 1 is 1.19 bits per heavy atom. The number of rotatable bonds is 7. The van der Waals surface area contributed by atoms with Crippen molar-refractivity contribution in [2.75, 3.05) is 23.7 Å². The fourth-order valence-electron chi connectivity index (χ4n) is 2.06. The Morgan fingerprint density at radius 3 is 2.95 bits per heavy atom. The Bertz CT molecular complexity index is 693. The number of anilines is 2. The van der Waals surface area contributed by atoms with Gasteiger partial charge in [0, 0.05) is 19.5 Å². The molecule has 0 saturated heterocycles. The van der Waals surface area contributed by atoms with Gasteiger partial charge in [0.15, 0.2) is 0 Å². The fourth-order valence-corrected chi connectivity index (χ4v) is 2.83. The van der Waals surface area contributed by atoms with Crippen LogP contribution in [-0.4, -0.2) is 23.1 Å². The lowest BCUT2D eigenvalue weighted by molar-refractivity contribution is 0.513. The summed E-state index contributed by atoms with van der Waals surface area (Å²) in [6.45, 7) is 3.78. The van der Waals surface area contributed by atoms with Crippen LogP contribution in [0.5, 0.6) is 0 Å². The summed E-state index contributed by atoms with van der Waals surface area (Å²) in [6, 6.07) is 5.94. The van der Waals surface area contributed by atoms with E-state index in [1.807, 2.05) is 17.5 Å². The van der Waals surface area contributed by atoms with Gasteiger partial charge < -0.3 is 15.1 Å². The smallest absolute Gasteiger partial charge is 0.226 e. The van der Waals surface area contributed by atoms with Gasteiger partial charge in [-0.2, -0.15) is 4.98 Å². The first kappa shape index (κ1) is 13.9. The Labute approximate surface area is 127 Å². The number of hydrogen-bond donors (Lipinski definition) is 2. The molecule has 0 atom stereocenters. The van der Waals surface area contributed by atoms with Crippen molar-refractivity contribution < 1.29 is 4.42 Å². The van der Waals surface area contributed by atoms with Gasteiger partial charge in [0.25, 0.3) is 0 Å². The molecule has 0 aliphatic rings. The molecule has 0 unspecified atom stereocenters. The topological polar surface area (TPSA) is 63.0 Å². The average Bonchev–Trinajstić information content (AvgIpc) is 3.15. The van der Waals surface area contributed by atoms with Gasteiger partial charge in [0.2, 0.25) is 5.95 Å². The summed E-state index contributed by atoms with van der Waals surface area (Å²) >= 11 is 1.63. The second kappa shape index (κ2) is 6.58. The van der Waals surface area contributed by atoms with Crippen LogP contribution >= 0.6 is 11.3 Å². The van der Waals surface area contributed by atoms with Gasteiger partial charge in [0.05, 0.1) is 11.6 Å². The molecular formula is C15H18N4OS. The summed E-state index contributed by atoms with van der Waals surface area (Å²) in [5.74, 6) is 2.54. The summed E-state index contributed by atoms with van der Waals surface area (Å²) in [5.41, 5.74) is 0. The normalized spacial score (nSPS) is 10.9. The number of fused-ring (bicyclic) bond motifs is 1. The zero-order valence-corrected chi connectivity index (χ0v) is 12.7. The van der Waals surface area contributed by atoms with E-state index in [-0.39, 0.29) is 0 Å². The predicted molar refractivity (Wildman–Crippen MR) is 87.1 cm³/mol. The van der Waals surface area contributed by atoms with Crippen LogP contribution < -0.4 is 10.6 Å². The third-order valence-electron chi connectivity index (χ3n) is 3.10. The largest absolute Gasteiger partial charge is 0.469 e. The van der Waals surface area contributed by atoms with Crippen molar-refractivity contribution >= 4 is 33.3 Å². The van der Waals surface area contributed by atoms with Crippen LogP contribution in [0.2, 0.25) is 0 Å². The average molecular weight is 302 g/mol. The Hall–Kier alpha value is -2.08. The first-order chi connectivity index (χ1) is 10.4. The third-order valence-corrected chi connectivity index (χ3v) is 3.91. The molecule has 2 N–H and O–H groups in total. The van der Waals surface area contributed by atoms with E-state index in [9.17, 15) is 0 Å². The number of hydrogen-bond acceptors (Lipinski definition) is 6. The van der Waals surface area contributed by atoms with Crippen LogP contribution in [0.1, 0.15) is 19.1 Å². The van der Waals surface area contributed by atoms with E-state index in [1.165, 1.54) is 0 Å². The maximum absolute atomic E-state index is 5.34. The molecule has 0 aliphatic heterocycles. The van der Waals surface area contributed by atoms with Crippen LogP contribution in [0.15, 0.2) is 34.3 Å². The second-order valence-corrected chi connectivity index (χ2v) is 5.61. The zero-order chi connectivity index (χ0) is 14.5. The van der Waals surface area contributed by atoms with Crippen LogP contribution in [0.3, 0.4) is 0 Å². The molecule has 5 nitrogen and oxygen atoms in total. The van der Waals surface area contributed by atoms with Crippen LogP contribution in [0, 0.1) is 0 Å². The van der Waals surface area contributed by atoms with Gasteiger partial charge >= 0.3 is 0 Å². The third kappa shape index (κ3) is 3.33. The summed E-state index contributed by atoms with van der Waals surface area (Å²) < 4.78 is 5.34. The summed E-state index contributed by atoms with van der Waals surface area (Å²) in [7, 11) is 0. The van der Waals surface area contributed by atoms with Crippen molar-refractivity contribution in [3.05, 3.63) is 35.6 Å². The molecular weight excluding hydrogens is 284 g/mol. The number of nitrogens with zero attached hydrogens (tertiary/aromatic N) is 2. The van der Waals surface area contributed by atoms with Crippen LogP contribution in [-0.2, 0) is 6.42 Å². The Kier molecular flexibility index (Phi) is 4.35. The first-order valence-electron chi connectivity index (χ1n) is 7.12. The van der Waals surface area contributed by atoms with E-state index >= 15 is 0 Å². The number of furan rings is 1. The molecule has 3 aromatic rings. The van der Waals surface area contributed by atoms with E-state index in [0.29, 0.717) is 5.95 Å². The lowest BCUT2D eigenvalue weighted by atomic mass is 10.3. The zero-order valence-electron chi connectivity index (χ0n) is 11.9. The van der Waals surface area contributed by atoms with Crippen molar-refractivity contribution in [2.45, 2.75) is 19.8 Å². The van der Waals surface area contributed by atoms with Crippen molar-refractivity contribution in [3.63, 3.8) is 0 Å². The molecule has 3 heterocycles. The molecule has 0 amide bonds. The van der Waals surface area contributed by atoms with Gasteiger partial charge in [-0.1, -0.05) is 6.92 Å². The lowest BCUT2D eigenvalue weighted by Gasteiger charge is -2.09. The fraction of sp³-hybridized carbons (Fsp3) is 0.333. The Balaban J connectivity index is 1.74. The predicted octanol–water partition coefficient (Wildman–Crippen LogP) is 3.76. The standard InChI is InChI=1S/C15H18N4OS/c1-2-7-17-15-18-13(12-6-10-21-14(12)19-15)16-8-5-11-4-3-9-20-11/h3-4,6,9-10H,2,5,7-8H2,1H3,(H2,16,17,18,19). The Morgan fingerprint density at radius 2 is 2.14 bits per heavy atom.